The zero-order valence-electron chi connectivity index (χ0n) is 12.6. The average molecular weight is 329 g/mol. The lowest BCUT2D eigenvalue weighted by Gasteiger charge is -2.36. The molecule has 1 aliphatic rings. The Morgan fingerprint density at radius 3 is 2.65 bits per heavy atom. The molecule has 0 saturated carbocycles. The lowest BCUT2D eigenvalue weighted by molar-refractivity contribution is -0.152. The molecule has 0 spiro atoms. The number of halogens is 3. The SMILES string of the molecule is CC1CCN(C(=O)Cc2cccc(C(F)(F)F)c2)C(C(=O)O)C1. The highest BCUT2D eigenvalue weighted by Gasteiger charge is 2.35. The van der Waals surface area contributed by atoms with Crippen molar-refractivity contribution in [3.63, 3.8) is 0 Å². The number of piperidine rings is 1. The van der Waals surface area contributed by atoms with E-state index in [2.05, 4.69) is 0 Å². The first-order valence-electron chi connectivity index (χ1n) is 7.37. The Hall–Kier alpha value is -2.05. The molecule has 1 aromatic carbocycles. The van der Waals surface area contributed by atoms with Gasteiger partial charge in [0.15, 0.2) is 0 Å². The number of hydrogen-bond acceptors (Lipinski definition) is 2. The van der Waals surface area contributed by atoms with Crippen molar-refractivity contribution in [3.05, 3.63) is 35.4 Å². The van der Waals surface area contributed by atoms with Crippen LogP contribution in [0.4, 0.5) is 13.2 Å². The van der Waals surface area contributed by atoms with Gasteiger partial charge in [0.25, 0.3) is 0 Å². The Kier molecular flexibility index (Phi) is 4.97. The molecule has 0 aromatic heterocycles. The van der Waals surface area contributed by atoms with E-state index in [0.717, 1.165) is 12.1 Å². The number of carbonyl (C=O) groups is 2. The molecule has 1 N–H and O–H groups in total. The van der Waals surface area contributed by atoms with E-state index < -0.39 is 29.7 Å². The summed E-state index contributed by atoms with van der Waals surface area (Å²) >= 11 is 0. The first-order valence-corrected chi connectivity index (χ1v) is 7.37. The predicted octanol–water partition coefficient (Wildman–Crippen LogP) is 2.96. The van der Waals surface area contributed by atoms with E-state index in [0.29, 0.717) is 19.4 Å². The number of nitrogens with zero attached hydrogens (tertiary/aromatic N) is 1. The molecule has 0 aliphatic carbocycles. The number of carbonyl (C=O) groups excluding carboxylic acids is 1. The highest BCUT2D eigenvalue weighted by atomic mass is 19.4. The molecule has 1 saturated heterocycles. The van der Waals surface area contributed by atoms with Crippen LogP contribution in [-0.2, 0) is 22.2 Å². The minimum atomic E-state index is -4.47. The minimum Gasteiger partial charge on any atom is -0.480 e. The quantitative estimate of drug-likeness (QED) is 0.927. The number of aliphatic carboxylic acids is 1. The van der Waals surface area contributed by atoms with Crippen LogP contribution in [0.5, 0.6) is 0 Å². The van der Waals surface area contributed by atoms with E-state index in [-0.39, 0.29) is 17.9 Å². The van der Waals surface area contributed by atoms with Gasteiger partial charge in [0, 0.05) is 6.54 Å². The summed E-state index contributed by atoms with van der Waals surface area (Å²) < 4.78 is 38.1. The minimum absolute atomic E-state index is 0.203. The molecule has 1 aromatic rings. The van der Waals surface area contributed by atoms with Crippen LogP contribution in [0.15, 0.2) is 24.3 Å². The topological polar surface area (TPSA) is 57.6 Å². The van der Waals surface area contributed by atoms with Crippen molar-refractivity contribution in [1.29, 1.82) is 0 Å². The molecular formula is C16H18F3NO3. The largest absolute Gasteiger partial charge is 0.480 e. The summed E-state index contributed by atoms with van der Waals surface area (Å²) in [4.78, 5) is 24.9. The fourth-order valence-electron chi connectivity index (χ4n) is 2.81. The van der Waals surface area contributed by atoms with Gasteiger partial charge in [-0.15, -0.1) is 0 Å². The number of carboxylic acid groups (broad SMARTS) is 1. The molecule has 2 unspecified atom stereocenters. The maximum Gasteiger partial charge on any atom is 0.416 e. The highest BCUT2D eigenvalue weighted by Crippen LogP contribution is 2.30. The van der Waals surface area contributed by atoms with E-state index >= 15 is 0 Å². The molecule has 1 aliphatic heterocycles. The van der Waals surface area contributed by atoms with Gasteiger partial charge in [0.1, 0.15) is 6.04 Å². The molecular weight excluding hydrogens is 311 g/mol. The van der Waals surface area contributed by atoms with Gasteiger partial charge >= 0.3 is 12.1 Å². The number of carboxylic acids is 1. The number of benzene rings is 1. The van der Waals surface area contributed by atoms with Gasteiger partial charge in [-0.3, -0.25) is 4.79 Å². The van der Waals surface area contributed by atoms with Gasteiger partial charge in [-0.25, -0.2) is 4.79 Å². The summed E-state index contributed by atoms with van der Waals surface area (Å²) in [6.45, 7) is 2.24. The van der Waals surface area contributed by atoms with Crippen LogP contribution in [0.3, 0.4) is 0 Å². The molecule has 1 amide bonds. The third kappa shape index (κ3) is 4.24. The average Bonchev–Trinajstić information content (AvgIpc) is 2.46. The fraction of sp³-hybridized carbons (Fsp3) is 0.500. The maximum atomic E-state index is 12.7. The second-order valence-electron chi connectivity index (χ2n) is 5.95. The highest BCUT2D eigenvalue weighted by molar-refractivity contribution is 5.85. The Morgan fingerprint density at radius 2 is 2.04 bits per heavy atom. The molecule has 1 heterocycles. The van der Waals surface area contributed by atoms with Crippen molar-refractivity contribution in [2.75, 3.05) is 6.54 Å². The summed E-state index contributed by atoms with van der Waals surface area (Å²) in [5.41, 5.74) is -0.586. The zero-order chi connectivity index (χ0) is 17.2. The van der Waals surface area contributed by atoms with Crippen molar-refractivity contribution in [2.45, 2.75) is 38.4 Å². The van der Waals surface area contributed by atoms with Crippen molar-refractivity contribution in [3.8, 4) is 0 Å². The summed E-state index contributed by atoms with van der Waals surface area (Å²) in [7, 11) is 0. The normalized spacial score (nSPS) is 22.0. The molecule has 7 heteroatoms. The number of rotatable bonds is 3. The van der Waals surface area contributed by atoms with Crippen LogP contribution in [0.2, 0.25) is 0 Å². The molecule has 0 bridgehead atoms. The first kappa shape index (κ1) is 17.3. The van der Waals surface area contributed by atoms with Gasteiger partial charge in [-0.2, -0.15) is 13.2 Å². The van der Waals surface area contributed by atoms with Crippen LogP contribution in [0.25, 0.3) is 0 Å². The summed E-state index contributed by atoms with van der Waals surface area (Å²) in [6, 6.07) is 3.65. The monoisotopic (exact) mass is 329 g/mol. The third-order valence-corrected chi connectivity index (χ3v) is 4.08. The van der Waals surface area contributed by atoms with Crippen molar-refractivity contribution in [1.82, 2.24) is 4.90 Å². The number of alkyl halides is 3. The molecule has 4 nitrogen and oxygen atoms in total. The van der Waals surface area contributed by atoms with Crippen LogP contribution in [0.1, 0.15) is 30.9 Å². The molecule has 2 rings (SSSR count). The standard InChI is InChI=1S/C16H18F3NO3/c1-10-5-6-20(13(7-10)15(22)23)14(21)9-11-3-2-4-12(8-11)16(17,18)19/h2-4,8,10,13H,5-7,9H2,1H3,(H,22,23). The van der Waals surface area contributed by atoms with E-state index in [1.165, 1.54) is 17.0 Å². The van der Waals surface area contributed by atoms with Gasteiger partial charge in [-0.1, -0.05) is 25.1 Å². The van der Waals surface area contributed by atoms with E-state index in [4.69, 9.17) is 0 Å². The Morgan fingerprint density at radius 1 is 1.35 bits per heavy atom. The number of hydrogen-bond donors (Lipinski definition) is 1. The van der Waals surface area contributed by atoms with Gasteiger partial charge in [0.05, 0.1) is 12.0 Å². The fourth-order valence-corrected chi connectivity index (χ4v) is 2.81. The van der Waals surface area contributed by atoms with E-state index in [1.807, 2.05) is 6.92 Å². The smallest absolute Gasteiger partial charge is 0.416 e. The van der Waals surface area contributed by atoms with Crippen LogP contribution >= 0.6 is 0 Å². The summed E-state index contributed by atoms with van der Waals surface area (Å²) in [6.07, 6.45) is -3.65. The Bertz CT molecular complexity index is 600. The van der Waals surface area contributed by atoms with Crippen molar-refractivity contribution < 1.29 is 27.9 Å². The molecule has 126 valence electrons. The van der Waals surface area contributed by atoms with Crippen LogP contribution in [-0.4, -0.2) is 34.5 Å². The molecule has 0 radical (unpaired) electrons. The van der Waals surface area contributed by atoms with Gasteiger partial charge in [0.2, 0.25) is 5.91 Å². The van der Waals surface area contributed by atoms with Gasteiger partial charge < -0.3 is 10.0 Å². The summed E-state index contributed by atoms with van der Waals surface area (Å²) in [5.74, 6) is -1.33. The predicted molar refractivity (Wildman–Crippen MR) is 76.7 cm³/mol. The third-order valence-electron chi connectivity index (χ3n) is 4.08. The summed E-state index contributed by atoms with van der Waals surface area (Å²) in [5, 5.41) is 9.25. The Labute approximate surface area is 131 Å². The lowest BCUT2D eigenvalue weighted by Crippen LogP contribution is -2.50. The van der Waals surface area contributed by atoms with Crippen molar-refractivity contribution in [2.24, 2.45) is 5.92 Å². The van der Waals surface area contributed by atoms with E-state index in [1.54, 1.807) is 0 Å². The maximum absolute atomic E-state index is 12.7. The van der Waals surface area contributed by atoms with Crippen LogP contribution < -0.4 is 0 Å². The first-order chi connectivity index (χ1) is 10.7. The lowest BCUT2D eigenvalue weighted by atomic mass is 9.92. The zero-order valence-corrected chi connectivity index (χ0v) is 12.6. The Balaban J connectivity index is 2.13. The van der Waals surface area contributed by atoms with E-state index in [9.17, 15) is 27.9 Å². The molecule has 23 heavy (non-hydrogen) atoms. The second kappa shape index (κ2) is 6.60. The molecule has 2 atom stereocenters. The molecule has 1 fully saturated rings. The van der Waals surface area contributed by atoms with Crippen molar-refractivity contribution >= 4 is 11.9 Å². The number of amides is 1. The second-order valence-corrected chi connectivity index (χ2v) is 5.95. The van der Waals surface area contributed by atoms with Crippen LogP contribution in [0, 0.1) is 5.92 Å². The number of likely N-dealkylation sites (tertiary alicyclic amines) is 1. The van der Waals surface area contributed by atoms with Gasteiger partial charge in [-0.05, 0) is 30.4 Å².